The van der Waals surface area contributed by atoms with Gasteiger partial charge < -0.3 is 0 Å². The molecule has 1 aliphatic rings. The molecule has 2 aromatic rings. The lowest BCUT2D eigenvalue weighted by atomic mass is 10.1. The number of hydrogen-bond donors (Lipinski definition) is 0. The molecule has 1 aromatic carbocycles. The third-order valence-electron chi connectivity index (χ3n) is 3.24. The molecule has 1 amide bonds. The minimum Gasteiger partial charge on any atom is -0.294 e. The summed E-state index contributed by atoms with van der Waals surface area (Å²) in [5, 5.41) is 3.99. The van der Waals surface area contributed by atoms with Gasteiger partial charge in [-0.3, -0.25) is 14.5 Å². The van der Waals surface area contributed by atoms with E-state index in [0.717, 1.165) is 4.90 Å². The molecule has 1 aliphatic heterocycles. The molecule has 2 heterocycles. The minimum absolute atomic E-state index is 0.0202. The number of nitrogens with zero attached hydrogens (tertiary/aromatic N) is 4. The number of carbonyl (C=O) groups is 2. The number of amides is 1. The number of rotatable bonds is 3. The molecular formula is C13H11FN4O2. The quantitative estimate of drug-likeness (QED) is 0.788. The van der Waals surface area contributed by atoms with Crippen LogP contribution in [0.2, 0.25) is 0 Å². The van der Waals surface area contributed by atoms with Crippen molar-refractivity contribution in [2.75, 3.05) is 4.90 Å². The Morgan fingerprint density at radius 1 is 1.30 bits per heavy atom. The molecule has 0 radical (unpaired) electrons. The van der Waals surface area contributed by atoms with E-state index < -0.39 is 17.5 Å². The van der Waals surface area contributed by atoms with E-state index in [1.165, 1.54) is 24.5 Å². The molecule has 7 heteroatoms. The van der Waals surface area contributed by atoms with Crippen molar-refractivity contribution >= 4 is 17.4 Å². The largest absolute Gasteiger partial charge is 0.299 e. The van der Waals surface area contributed by atoms with Crippen molar-refractivity contribution in [2.45, 2.75) is 20.0 Å². The molecule has 0 saturated heterocycles. The molecule has 0 unspecified atom stereocenters. The molecule has 6 nitrogen and oxygen atoms in total. The van der Waals surface area contributed by atoms with Crippen LogP contribution >= 0.6 is 0 Å². The van der Waals surface area contributed by atoms with Crippen LogP contribution < -0.4 is 4.90 Å². The summed E-state index contributed by atoms with van der Waals surface area (Å²) in [4.78, 5) is 29.0. The van der Waals surface area contributed by atoms with E-state index in [2.05, 4.69) is 10.1 Å². The molecule has 0 N–H and O–H groups in total. The molecule has 102 valence electrons. The van der Waals surface area contributed by atoms with Crippen molar-refractivity contribution < 1.29 is 14.0 Å². The summed E-state index contributed by atoms with van der Waals surface area (Å²) in [6.45, 7) is 2.48. The van der Waals surface area contributed by atoms with Crippen LogP contribution in [0.5, 0.6) is 0 Å². The van der Waals surface area contributed by atoms with Crippen molar-refractivity contribution in [3.05, 3.63) is 41.7 Å². The molecule has 0 fully saturated rings. The molecule has 1 aromatic heterocycles. The SMILES string of the molecule is CCn1ncnc1CN1C(=O)C(=O)c2cccc(F)c21. The van der Waals surface area contributed by atoms with Gasteiger partial charge in [-0.15, -0.1) is 0 Å². The second-order valence-corrected chi connectivity index (χ2v) is 4.35. The number of anilines is 1. The van der Waals surface area contributed by atoms with Crippen molar-refractivity contribution in [1.29, 1.82) is 0 Å². The Morgan fingerprint density at radius 2 is 2.10 bits per heavy atom. The lowest BCUT2D eigenvalue weighted by Gasteiger charge is -2.16. The number of aromatic nitrogens is 3. The number of para-hydroxylation sites is 1. The number of fused-ring (bicyclic) bond motifs is 1. The van der Waals surface area contributed by atoms with Crippen LogP contribution in [0.1, 0.15) is 23.1 Å². The van der Waals surface area contributed by atoms with Crippen molar-refractivity contribution in [3.63, 3.8) is 0 Å². The van der Waals surface area contributed by atoms with E-state index in [1.807, 2.05) is 6.92 Å². The lowest BCUT2D eigenvalue weighted by molar-refractivity contribution is -0.114. The van der Waals surface area contributed by atoms with Crippen LogP contribution in [0.3, 0.4) is 0 Å². The van der Waals surface area contributed by atoms with Gasteiger partial charge in [0.05, 0.1) is 17.8 Å². The highest BCUT2D eigenvalue weighted by molar-refractivity contribution is 6.52. The highest BCUT2D eigenvalue weighted by Crippen LogP contribution is 2.32. The third-order valence-corrected chi connectivity index (χ3v) is 3.24. The summed E-state index contributed by atoms with van der Waals surface area (Å²) in [7, 11) is 0. The minimum atomic E-state index is -0.740. The monoisotopic (exact) mass is 274 g/mol. The summed E-state index contributed by atoms with van der Waals surface area (Å²) in [5.74, 6) is -1.52. The van der Waals surface area contributed by atoms with E-state index in [1.54, 1.807) is 4.68 Å². The Hall–Kier alpha value is -2.57. The topological polar surface area (TPSA) is 68.1 Å². The van der Waals surface area contributed by atoms with Gasteiger partial charge in [-0.05, 0) is 19.1 Å². The van der Waals surface area contributed by atoms with Crippen LogP contribution in [0, 0.1) is 5.82 Å². The first-order valence-electron chi connectivity index (χ1n) is 6.15. The molecule has 0 atom stereocenters. The summed E-state index contributed by atoms with van der Waals surface area (Å²) in [6, 6.07) is 4.09. The van der Waals surface area contributed by atoms with Gasteiger partial charge in [-0.2, -0.15) is 5.10 Å². The lowest BCUT2D eigenvalue weighted by Crippen LogP contribution is -2.31. The number of ketones is 1. The average molecular weight is 274 g/mol. The number of carbonyl (C=O) groups excluding carboxylic acids is 2. The van der Waals surface area contributed by atoms with Crippen LogP contribution in [0.25, 0.3) is 0 Å². The molecule has 0 bridgehead atoms. The smallest absolute Gasteiger partial charge is 0.294 e. The number of hydrogen-bond acceptors (Lipinski definition) is 4. The van der Waals surface area contributed by atoms with Crippen molar-refractivity contribution in [2.24, 2.45) is 0 Å². The highest BCUT2D eigenvalue weighted by atomic mass is 19.1. The van der Waals surface area contributed by atoms with Crippen LogP contribution in [0.15, 0.2) is 24.5 Å². The fourth-order valence-corrected chi connectivity index (χ4v) is 2.28. The van der Waals surface area contributed by atoms with Crippen LogP contribution in [-0.4, -0.2) is 26.5 Å². The van der Waals surface area contributed by atoms with E-state index in [9.17, 15) is 14.0 Å². The zero-order chi connectivity index (χ0) is 14.3. The van der Waals surface area contributed by atoms with Gasteiger partial charge >= 0.3 is 0 Å². The van der Waals surface area contributed by atoms with E-state index in [0.29, 0.717) is 12.4 Å². The Balaban J connectivity index is 2.03. The maximum atomic E-state index is 13.9. The van der Waals surface area contributed by atoms with Crippen molar-refractivity contribution in [1.82, 2.24) is 14.8 Å². The van der Waals surface area contributed by atoms with E-state index >= 15 is 0 Å². The van der Waals surface area contributed by atoms with Gasteiger partial charge in [-0.1, -0.05) is 6.07 Å². The molecule has 3 rings (SSSR count). The predicted octanol–water partition coefficient (Wildman–Crippen LogP) is 1.17. The average Bonchev–Trinajstić information content (AvgIpc) is 2.99. The molecular weight excluding hydrogens is 263 g/mol. The van der Waals surface area contributed by atoms with Gasteiger partial charge in [0.25, 0.3) is 11.7 Å². The number of halogens is 1. The Kier molecular flexibility index (Phi) is 2.81. The number of aryl methyl sites for hydroxylation is 1. The fraction of sp³-hybridized carbons (Fsp3) is 0.231. The summed E-state index contributed by atoms with van der Waals surface area (Å²) in [6.07, 6.45) is 1.36. The zero-order valence-corrected chi connectivity index (χ0v) is 10.7. The first-order valence-corrected chi connectivity index (χ1v) is 6.15. The first-order chi connectivity index (χ1) is 9.63. The zero-order valence-electron chi connectivity index (χ0n) is 10.7. The van der Waals surface area contributed by atoms with Crippen LogP contribution in [0.4, 0.5) is 10.1 Å². The molecule has 0 spiro atoms. The second-order valence-electron chi connectivity index (χ2n) is 4.35. The highest BCUT2D eigenvalue weighted by Gasteiger charge is 2.38. The fourth-order valence-electron chi connectivity index (χ4n) is 2.28. The molecule has 20 heavy (non-hydrogen) atoms. The van der Waals surface area contributed by atoms with Crippen LogP contribution in [-0.2, 0) is 17.9 Å². The second kappa shape index (κ2) is 4.52. The summed E-state index contributed by atoms with van der Waals surface area (Å²) >= 11 is 0. The predicted molar refractivity (Wildman–Crippen MR) is 67.6 cm³/mol. The Labute approximate surface area is 113 Å². The normalized spacial score (nSPS) is 14.0. The Bertz CT molecular complexity index is 710. The number of Topliss-reactive ketones (excluding diaryl/α,β-unsaturated/α-hetero) is 1. The van der Waals surface area contributed by atoms with E-state index in [-0.39, 0.29) is 17.8 Å². The third kappa shape index (κ3) is 1.70. The number of benzene rings is 1. The molecule has 0 saturated carbocycles. The first kappa shape index (κ1) is 12.5. The standard InChI is InChI=1S/C13H11FN4O2/c1-2-18-10(15-7-16-18)6-17-11-8(12(19)13(17)20)4-3-5-9(11)14/h3-5,7H,2,6H2,1H3. The molecule has 0 aliphatic carbocycles. The summed E-state index contributed by atoms with van der Waals surface area (Å²) in [5.41, 5.74) is 0.116. The van der Waals surface area contributed by atoms with Gasteiger partial charge in [0.2, 0.25) is 0 Å². The van der Waals surface area contributed by atoms with Gasteiger partial charge in [0.15, 0.2) is 0 Å². The van der Waals surface area contributed by atoms with Crippen molar-refractivity contribution in [3.8, 4) is 0 Å². The maximum absolute atomic E-state index is 13.9. The van der Waals surface area contributed by atoms with Gasteiger partial charge in [0.1, 0.15) is 18.0 Å². The van der Waals surface area contributed by atoms with Gasteiger partial charge in [-0.25, -0.2) is 14.1 Å². The van der Waals surface area contributed by atoms with E-state index in [4.69, 9.17) is 0 Å². The summed E-state index contributed by atoms with van der Waals surface area (Å²) < 4.78 is 15.5. The maximum Gasteiger partial charge on any atom is 0.299 e. The van der Waals surface area contributed by atoms with Gasteiger partial charge in [0, 0.05) is 6.54 Å². The Morgan fingerprint density at radius 3 is 2.85 bits per heavy atom.